The van der Waals surface area contributed by atoms with Crippen LogP contribution in [0.2, 0.25) is 0 Å². The molecule has 0 radical (unpaired) electrons. The van der Waals surface area contributed by atoms with Crippen molar-refractivity contribution in [1.82, 2.24) is 4.31 Å². The molecule has 1 aliphatic rings. The van der Waals surface area contributed by atoms with Crippen molar-refractivity contribution in [2.75, 3.05) is 25.6 Å². The van der Waals surface area contributed by atoms with Crippen LogP contribution in [0.3, 0.4) is 0 Å². The van der Waals surface area contributed by atoms with Gasteiger partial charge in [-0.2, -0.15) is 9.41 Å². The molecule has 0 spiro atoms. The van der Waals surface area contributed by atoms with E-state index < -0.39 is 14.9 Å². The van der Waals surface area contributed by atoms with Gasteiger partial charge in [0.05, 0.1) is 22.6 Å². The topological polar surface area (TPSA) is 114 Å². The highest BCUT2D eigenvalue weighted by Gasteiger charge is 2.29. The minimum atomic E-state index is -3.74. The van der Waals surface area contributed by atoms with Crippen molar-refractivity contribution in [1.29, 1.82) is 0 Å². The largest absolute Gasteiger partial charge is 0.497 e. The first-order valence-corrected chi connectivity index (χ1v) is 10.5. The van der Waals surface area contributed by atoms with Gasteiger partial charge in [0.2, 0.25) is 10.0 Å². The highest BCUT2D eigenvalue weighted by atomic mass is 32.2. The van der Waals surface area contributed by atoms with E-state index in [0.717, 1.165) is 24.5 Å². The first-order chi connectivity index (χ1) is 13.8. The van der Waals surface area contributed by atoms with Gasteiger partial charge in [0.1, 0.15) is 11.4 Å². The third-order valence-electron chi connectivity index (χ3n) is 4.72. The molecule has 0 saturated carbocycles. The molecule has 1 saturated heterocycles. The first kappa shape index (κ1) is 20.7. The molecule has 0 bridgehead atoms. The predicted octanol–water partition coefficient (Wildman–Crippen LogP) is 3.22. The molecule has 9 nitrogen and oxygen atoms in total. The van der Waals surface area contributed by atoms with Crippen LogP contribution in [0.25, 0.3) is 0 Å². The second-order valence-electron chi connectivity index (χ2n) is 6.58. The highest BCUT2D eigenvalue weighted by molar-refractivity contribution is 7.89. The first-order valence-electron chi connectivity index (χ1n) is 9.06. The Kier molecular flexibility index (Phi) is 6.14. The van der Waals surface area contributed by atoms with Gasteiger partial charge in [-0.05, 0) is 61.7 Å². The Labute approximate surface area is 169 Å². The van der Waals surface area contributed by atoms with Gasteiger partial charge in [-0.1, -0.05) is 0 Å². The van der Waals surface area contributed by atoms with E-state index in [4.69, 9.17) is 4.74 Å². The van der Waals surface area contributed by atoms with Crippen LogP contribution in [0.1, 0.15) is 25.3 Å². The monoisotopic (exact) mass is 418 g/mol. The molecule has 1 aliphatic heterocycles. The second-order valence-corrected chi connectivity index (χ2v) is 8.52. The van der Waals surface area contributed by atoms with Crippen molar-refractivity contribution >= 4 is 27.1 Å². The Hall–Kier alpha value is -2.98. The molecular weight excluding hydrogens is 396 g/mol. The van der Waals surface area contributed by atoms with Gasteiger partial charge in [-0.3, -0.25) is 15.5 Å². The molecule has 0 unspecified atom stereocenters. The maximum absolute atomic E-state index is 12.7. The molecule has 0 amide bonds. The van der Waals surface area contributed by atoms with Crippen LogP contribution in [-0.4, -0.2) is 43.6 Å². The summed E-state index contributed by atoms with van der Waals surface area (Å²) in [5.41, 5.74) is 3.86. The van der Waals surface area contributed by atoms with Crippen LogP contribution >= 0.6 is 0 Å². The Morgan fingerprint density at radius 2 is 1.83 bits per heavy atom. The van der Waals surface area contributed by atoms with Gasteiger partial charge in [-0.15, -0.1) is 0 Å². The van der Waals surface area contributed by atoms with Gasteiger partial charge < -0.3 is 4.74 Å². The van der Waals surface area contributed by atoms with Crippen LogP contribution in [0.5, 0.6) is 5.75 Å². The van der Waals surface area contributed by atoms with Crippen LogP contribution in [0.4, 0.5) is 11.4 Å². The number of methoxy groups -OCH3 is 1. The Bertz CT molecular complexity index is 1030. The number of nitro benzene ring substituents is 1. The zero-order valence-electron chi connectivity index (χ0n) is 16.2. The van der Waals surface area contributed by atoms with Crippen LogP contribution in [-0.2, 0) is 10.0 Å². The fourth-order valence-electron chi connectivity index (χ4n) is 3.04. The number of nitrogens with zero attached hydrogens (tertiary/aromatic N) is 3. The average molecular weight is 418 g/mol. The van der Waals surface area contributed by atoms with E-state index in [9.17, 15) is 18.5 Å². The standard InChI is InChI=1S/C19H22N4O5S/c1-14(15-5-7-16(28-2)8-6-15)20-21-18-10-9-17(13-19(18)23(24)25)29(26,27)22-11-3-4-12-22/h5-10,13,21H,3-4,11-12H2,1-2H3/b20-14-. The van der Waals surface area contributed by atoms with Gasteiger partial charge in [0.15, 0.2) is 0 Å². The third kappa shape index (κ3) is 4.54. The predicted molar refractivity (Wildman–Crippen MR) is 110 cm³/mol. The van der Waals surface area contributed by atoms with E-state index >= 15 is 0 Å². The van der Waals surface area contributed by atoms with Gasteiger partial charge in [0, 0.05) is 19.2 Å². The van der Waals surface area contributed by atoms with E-state index in [1.165, 1.54) is 16.4 Å². The minimum absolute atomic E-state index is 0.0903. The van der Waals surface area contributed by atoms with Crippen LogP contribution in [0.15, 0.2) is 52.5 Å². The quantitative estimate of drug-likeness (QED) is 0.419. The summed E-state index contributed by atoms with van der Waals surface area (Å²) < 4.78 is 31.8. The Morgan fingerprint density at radius 3 is 2.41 bits per heavy atom. The summed E-state index contributed by atoms with van der Waals surface area (Å²) in [6.45, 7) is 2.62. The van der Waals surface area contributed by atoms with Crippen molar-refractivity contribution < 1.29 is 18.1 Å². The number of sulfonamides is 1. The van der Waals surface area contributed by atoms with Crippen molar-refractivity contribution in [2.24, 2.45) is 5.10 Å². The number of hydrogen-bond donors (Lipinski definition) is 1. The molecule has 1 fully saturated rings. The normalized spacial score (nSPS) is 15.3. The maximum atomic E-state index is 12.7. The summed E-state index contributed by atoms with van der Waals surface area (Å²) in [6, 6.07) is 11.0. The summed E-state index contributed by atoms with van der Waals surface area (Å²) in [5, 5.41) is 15.7. The maximum Gasteiger partial charge on any atom is 0.295 e. The summed E-state index contributed by atoms with van der Waals surface area (Å²) in [6.07, 6.45) is 1.58. The number of hydrazone groups is 1. The zero-order valence-corrected chi connectivity index (χ0v) is 17.0. The van der Waals surface area contributed by atoms with Crippen molar-refractivity contribution in [3.05, 3.63) is 58.1 Å². The molecule has 0 aliphatic carbocycles. The molecule has 3 rings (SSSR count). The fraction of sp³-hybridized carbons (Fsp3) is 0.316. The van der Waals surface area contributed by atoms with Gasteiger partial charge in [0.25, 0.3) is 5.69 Å². The number of anilines is 1. The number of rotatable bonds is 7. The van der Waals surface area contributed by atoms with Gasteiger partial charge >= 0.3 is 0 Å². The molecule has 0 atom stereocenters. The van der Waals surface area contributed by atoms with E-state index in [1.54, 1.807) is 26.2 Å². The van der Waals surface area contributed by atoms with Crippen molar-refractivity contribution in [3.8, 4) is 5.75 Å². The fourth-order valence-corrected chi connectivity index (χ4v) is 4.57. The highest BCUT2D eigenvalue weighted by Crippen LogP contribution is 2.30. The van der Waals surface area contributed by atoms with Gasteiger partial charge in [-0.25, -0.2) is 8.42 Å². The molecule has 1 N–H and O–H groups in total. The Balaban J connectivity index is 1.86. The smallest absolute Gasteiger partial charge is 0.295 e. The van der Waals surface area contributed by atoms with E-state index in [-0.39, 0.29) is 16.3 Å². The lowest BCUT2D eigenvalue weighted by atomic mass is 10.1. The molecule has 154 valence electrons. The molecule has 10 heteroatoms. The number of ether oxygens (including phenoxy) is 1. The second kappa shape index (κ2) is 8.58. The van der Waals surface area contributed by atoms with Crippen molar-refractivity contribution in [2.45, 2.75) is 24.7 Å². The number of benzene rings is 2. The SMILES string of the molecule is COc1ccc(/C(C)=N\Nc2ccc(S(=O)(=O)N3CCCC3)cc2[N+](=O)[O-])cc1. The van der Waals surface area contributed by atoms with E-state index in [0.29, 0.717) is 24.6 Å². The van der Waals surface area contributed by atoms with E-state index in [2.05, 4.69) is 10.5 Å². The zero-order chi connectivity index (χ0) is 21.0. The number of hydrogen-bond acceptors (Lipinski definition) is 7. The van der Waals surface area contributed by atoms with Crippen LogP contribution < -0.4 is 10.2 Å². The minimum Gasteiger partial charge on any atom is -0.497 e. The summed E-state index contributed by atoms with van der Waals surface area (Å²) in [7, 11) is -2.17. The van der Waals surface area contributed by atoms with Crippen LogP contribution in [0, 0.1) is 10.1 Å². The average Bonchev–Trinajstić information content (AvgIpc) is 3.27. The molecule has 1 heterocycles. The molecule has 29 heavy (non-hydrogen) atoms. The number of nitrogens with one attached hydrogen (secondary N) is 1. The lowest BCUT2D eigenvalue weighted by molar-refractivity contribution is -0.384. The van der Waals surface area contributed by atoms with Crippen molar-refractivity contribution in [3.63, 3.8) is 0 Å². The summed E-state index contributed by atoms with van der Waals surface area (Å²) in [4.78, 5) is 10.8. The third-order valence-corrected chi connectivity index (χ3v) is 6.62. The number of nitro groups is 1. The Morgan fingerprint density at radius 1 is 1.17 bits per heavy atom. The molecular formula is C19H22N4O5S. The lowest BCUT2D eigenvalue weighted by Gasteiger charge is -2.15. The summed E-state index contributed by atoms with van der Waals surface area (Å²) in [5.74, 6) is 0.708. The molecule has 2 aromatic carbocycles. The molecule has 2 aromatic rings. The lowest BCUT2D eigenvalue weighted by Crippen LogP contribution is -2.27. The molecule has 0 aromatic heterocycles. The summed E-state index contributed by atoms with van der Waals surface area (Å²) >= 11 is 0. The van der Waals surface area contributed by atoms with E-state index in [1.807, 2.05) is 12.1 Å².